The molecule has 5 nitrogen and oxygen atoms in total. The molecule has 3 rings (SSSR count). The summed E-state index contributed by atoms with van der Waals surface area (Å²) in [6.07, 6.45) is 4.48. The first-order valence-corrected chi connectivity index (χ1v) is 10.5. The van der Waals surface area contributed by atoms with Crippen LogP contribution in [0.2, 0.25) is 0 Å². The Morgan fingerprint density at radius 3 is 2.63 bits per heavy atom. The van der Waals surface area contributed by atoms with E-state index in [9.17, 15) is 9.18 Å². The van der Waals surface area contributed by atoms with Crippen LogP contribution in [0.4, 0.5) is 4.39 Å². The van der Waals surface area contributed by atoms with Gasteiger partial charge in [-0.1, -0.05) is 50.6 Å². The Morgan fingerprint density at radius 2 is 1.96 bits per heavy atom. The number of hydrogen-bond donors (Lipinski definition) is 1. The molecule has 1 aromatic heterocycles. The minimum atomic E-state index is -0.321. The molecular formula is C20H27FN4OS. The summed E-state index contributed by atoms with van der Waals surface area (Å²) in [4.78, 5) is 12.5. The predicted molar refractivity (Wildman–Crippen MR) is 106 cm³/mol. The number of halogens is 1. The van der Waals surface area contributed by atoms with Crippen LogP contribution in [-0.2, 0) is 11.3 Å². The summed E-state index contributed by atoms with van der Waals surface area (Å²) in [6.45, 7) is 6.73. The number of nitrogens with one attached hydrogen (secondary N) is 1. The van der Waals surface area contributed by atoms with Gasteiger partial charge in [0.25, 0.3) is 0 Å². The van der Waals surface area contributed by atoms with Crippen LogP contribution in [0.5, 0.6) is 0 Å². The zero-order valence-corrected chi connectivity index (χ0v) is 16.9. The molecule has 0 bridgehead atoms. The summed E-state index contributed by atoms with van der Waals surface area (Å²) >= 11 is 1.38. The van der Waals surface area contributed by atoms with Crippen molar-refractivity contribution in [1.82, 2.24) is 20.1 Å². The summed E-state index contributed by atoms with van der Waals surface area (Å²) in [5, 5.41) is 12.0. The predicted octanol–water partition coefficient (Wildman–Crippen LogP) is 4.28. The summed E-state index contributed by atoms with van der Waals surface area (Å²) in [6, 6.07) is 6.88. The minimum Gasteiger partial charge on any atom is -0.352 e. The lowest BCUT2D eigenvalue weighted by molar-refractivity contribution is -0.120. The third-order valence-corrected chi connectivity index (χ3v) is 5.81. The molecule has 1 aliphatic rings. The van der Waals surface area contributed by atoms with Crippen molar-refractivity contribution in [1.29, 1.82) is 0 Å². The number of amides is 1. The molecule has 1 N–H and O–H groups in total. The molecule has 1 heterocycles. The number of hydrogen-bond acceptors (Lipinski definition) is 4. The minimum absolute atomic E-state index is 0.0263. The van der Waals surface area contributed by atoms with Gasteiger partial charge in [0.1, 0.15) is 5.82 Å². The van der Waals surface area contributed by atoms with Gasteiger partial charge >= 0.3 is 0 Å². The van der Waals surface area contributed by atoms with Crippen molar-refractivity contribution >= 4 is 17.7 Å². The number of aromatic nitrogens is 3. The van der Waals surface area contributed by atoms with Crippen molar-refractivity contribution in [2.24, 2.45) is 5.92 Å². The van der Waals surface area contributed by atoms with E-state index in [0.717, 1.165) is 12.8 Å². The Morgan fingerprint density at radius 1 is 1.26 bits per heavy atom. The van der Waals surface area contributed by atoms with E-state index in [4.69, 9.17) is 0 Å². The summed E-state index contributed by atoms with van der Waals surface area (Å²) in [5.41, 5.74) is 0.431. The number of nitrogens with zero attached hydrogens (tertiary/aromatic N) is 3. The van der Waals surface area contributed by atoms with Crippen LogP contribution < -0.4 is 5.32 Å². The third kappa shape index (κ3) is 4.89. The second-order valence-corrected chi connectivity index (χ2v) is 8.85. The second kappa shape index (κ2) is 8.87. The van der Waals surface area contributed by atoms with E-state index >= 15 is 0 Å². The molecule has 7 heteroatoms. The topological polar surface area (TPSA) is 59.8 Å². The molecule has 2 aromatic rings. The monoisotopic (exact) mass is 390 g/mol. The summed E-state index contributed by atoms with van der Waals surface area (Å²) in [5.74, 6) is 0.554. The molecular weight excluding hydrogens is 363 g/mol. The van der Waals surface area contributed by atoms with Gasteiger partial charge in [-0.3, -0.25) is 4.79 Å². The van der Waals surface area contributed by atoms with E-state index in [-0.39, 0.29) is 17.0 Å². The SMILES string of the molecule is CC(C)Cn1c(S[C@@H](C)C(=O)NC2CCCC2)nnc1-c1ccccc1F. The molecule has 1 aromatic carbocycles. The standard InChI is InChI=1S/C20H27FN4OS/c1-13(2)12-25-18(16-10-6-7-11-17(16)21)23-24-20(25)27-14(3)19(26)22-15-8-4-5-9-15/h6-7,10-11,13-15H,4-5,8-9,12H2,1-3H3,(H,22,26)/t14-/m0/s1. The van der Waals surface area contributed by atoms with Gasteiger partial charge in [0.15, 0.2) is 11.0 Å². The van der Waals surface area contributed by atoms with Gasteiger partial charge in [0.2, 0.25) is 5.91 Å². The van der Waals surface area contributed by atoms with Gasteiger partial charge in [-0.15, -0.1) is 10.2 Å². The molecule has 1 atom stereocenters. The Labute approximate surface area is 164 Å². The highest BCUT2D eigenvalue weighted by Crippen LogP contribution is 2.29. The number of carbonyl (C=O) groups excluding carboxylic acids is 1. The third-order valence-electron chi connectivity index (χ3n) is 4.73. The van der Waals surface area contributed by atoms with E-state index in [1.165, 1.54) is 30.7 Å². The number of rotatable bonds is 7. The quantitative estimate of drug-likeness (QED) is 0.717. The molecule has 27 heavy (non-hydrogen) atoms. The Hall–Kier alpha value is -1.89. The largest absolute Gasteiger partial charge is 0.352 e. The molecule has 1 amide bonds. The van der Waals surface area contributed by atoms with Crippen molar-refractivity contribution in [3.63, 3.8) is 0 Å². The first-order chi connectivity index (χ1) is 13.0. The molecule has 0 aliphatic heterocycles. The Bertz CT molecular complexity index is 786. The van der Waals surface area contributed by atoms with E-state index in [1.54, 1.807) is 18.2 Å². The Balaban J connectivity index is 1.80. The van der Waals surface area contributed by atoms with Crippen LogP contribution in [-0.4, -0.2) is 32.0 Å². The van der Waals surface area contributed by atoms with Crippen LogP contribution in [0.3, 0.4) is 0 Å². The van der Waals surface area contributed by atoms with E-state index < -0.39 is 0 Å². The maximum absolute atomic E-state index is 14.3. The van der Waals surface area contributed by atoms with Crippen LogP contribution in [0, 0.1) is 11.7 Å². The van der Waals surface area contributed by atoms with Crippen LogP contribution in [0.25, 0.3) is 11.4 Å². The first kappa shape index (κ1) is 19.9. The normalized spacial score (nSPS) is 16.0. The van der Waals surface area contributed by atoms with E-state index in [2.05, 4.69) is 29.4 Å². The van der Waals surface area contributed by atoms with Crippen molar-refractivity contribution in [3.8, 4) is 11.4 Å². The van der Waals surface area contributed by atoms with Crippen molar-refractivity contribution < 1.29 is 9.18 Å². The van der Waals surface area contributed by atoms with Crippen molar-refractivity contribution in [3.05, 3.63) is 30.1 Å². The number of carbonyl (C=O) groups is 1. The molecule has 0 spiro atoms. The van der Waals surface area contributed by atoms with Gasteiger partial charge in [-0.2, -0.15) is 0 Å². The fourth-order valence-corrected chi connectivity index (χ4v) is 4.22. The zero-order valence-electron chi connectivity index (χ0n) is 16.1. The number of thioether (sulfide) groups is 1. The highest BCUT2D eigenvalue weighted by atomic mass is 32.2. The molecule has 146 valence electrons. The smallest absolute Gasteiger partial charge is 0.233 e. The summed E-state index contributed by atoms with van der Waals surface area (Å²) in [7, 11) is 0. The van der Waals surface area contributed by atoms with Crippen LogP contribution in [0.15, 0.2) is 29.4 Å². The van der Waals surface area contributed by atoms with Crippen molar-refractivity contribution in [2.45, 2.75) is 69.4 Å². The lowest BCUT2D eigenvalue weighted by Gasteiger charge is -2.17. The maximum atomic E-state index is 14.3. The molecule has 0 unspecified atom stereocenters. The molecule has 0 radical (unpaired) electrons. The highest BCUT2D eigenvalue weighted by Gasteiger charge is 2.25. The van der Waals surface area contributed by atoms with Crippen LogP contribution >= 0.6 is 11.8 Å². The van der Waals surface area contributed by atoms with Gasteiger partial charge in [-0.05, 0) is 37.8 Å². The number of benzene rings is 1. The zero-order chi connectivity index (χ0) is 19.4. The lowest BCUT2D eigenvalue weighted by Crippen LogP contribution is -2.37. The van der Waals surface area contributed by atoms with Crippen molar-refractivity contribution in [2.75, 3.05) is 0 Å². The fraction of sp³-hybridized carbons (Fsp3) is 0.550. The van der Waals surface area contributed by atoms with E-state index in [1.807, 2.05) is 11.5 Å². The highest BCUT2D eigenvalue weighted by molar-refractivity contribution is 8.00. The molecule has 1 aliphatic carbocycles. The molecule has 0 saturated heterocycles. The molecule has 1 fully saturated rings. The average Bonchev–Trinajstić information content (AvgIpc) is 3.26. The maximum Gasteiger partial charge on any atom is 0.233 e. The van der Waals surface area contributed by atoms with Gasteiger partial charge in [0, 0.05) is 12.6 Å². The molecule has 1 saturated carbocycles. The Kier molecular flexibility index (Phi) is 6.52. The van der Waals surface area contributed by atoms with Gasteiger partial charge in [0.05, 0.1) is 10.8 Å². The van der Waals surface area contributed by atoms with E-state index in [0.29, 0.717) is 35.0 Å². The van der Waals surface area contributed by atoms with Gasteiger partial charge < -0.3 is 9.88 Å². The fourth-order valence-electron chi connectivity index (χ4n) is 3.35. The van der Waals surface area contributed by atoms with Crippen LogP contribution in [0.1, 0.15) is 46.5 Å². The first-order valence-electron chi connectivity index (χ1n) is 9.61. The summed E-state index contributed by atoms with van der Waals surface area (Å²) < 4.78 is 16.2. The average molecular weight is 391 g/mol. The second-order valence-electron chi connectivity index (χ2n) is 7.54. The lowest BCUT2D eigenvalue weighted by atomic mass is 10.2. The van der Waals surface area contributed by atoms with Gasteiger partial charge in [-0.25, -0.2) is 4.39 Å².